The van der Waals surface area contributed by atoms with Crippen molar-refractivity contribution in [3.63, 3.8) is 0 Å². The van der Waals surface area contributed by atoms with Gasteiger partial charge in [-0.3, -0.25) is 4.79 Å². The Morgan fingerprint density at radius 1 is 1.33 bits per heavy atom. The molecule has 2 aliphatic heterocycles. The molecule has 0 spiro atoms. The predicted octanol–water partition coefficient (Wildman–Crippen LogP) is 2.37. The second kappa shape index (κ2) is 4.77. The highest BCUT2D eigenvalue weighted by atomic mass is 19.4. The van der Waals surface area contributed by atoms with E-state index in [4.69, 9.17) is 0 Å². The van der Waals surface area contributed by atoms with E-state index < -0.39 is 23.8 Å². The summed E-state index contributed by atoms with van der Waals surface area (Å²) in [4.78, 5) is 13.2. The molecule has 112 valence electrons. The second-order valence-electron chi connectivity index (χ2n) is 5.09. The minimum Gasteiger partial charge on any atom is -0.378 e. The van der Waals surface area contributed by atoms with Gasteiger partial charge in [0, 0.05) is 35.6 Å². The largest absolute Gasteiger partial charge is 0.412 e. The normalized spacial score (nSPS) is 21.9. The van der Waals surface area contributed by atoms with Gasteiger partial charge in [-0.2, -0.15) is 13.2 Å². The maximum absolute atomic E-state index is 12.6. The van der Waals surface area contributed by atoms with E-state index in [9.17, 15) is 23.1 Å². The van der Waals surface area contributed by atoms with Gasteiger partial charge < -0.3 is 15.3 Å². The SMILES string of the molecule is O=C1Nc2cc(N3CC=C(C(F)(F)F)CC3)ccc2C1O. The fourth-order valence-electron chi connectivity index (χ4n) is 2.59. The van der Waals surface area contributed by atoms with Crippen LogP contribution in [0.4, 0.5) is 24.5 Å². The standard InChI is InChI=1S/C14H13F3N2O2/c15-14(16,17)8-3-5-19(6-4-8)9-1-2-10-11(7-9)18-13(21)12(10)20/h1-3,7,12,20H,4-6H2,(H,18,21). The molecular weight excluding hydrogens is 285 g/mol. The third kappa shape index (κ3) is 2.49. The molecule has 1 unspecified atom stereocenters. The first-order chi connectivity index (χ1) is 9.86. The van der Waals surface area contributed by atoms with Gasteiger partial charge in [-0.1, -0.05) is 12.1 Å². The van der Waals surface area contributed by atoms with Crippen LogP contribution in [0.2, 0.25) is 0 Å². The van der Waals surface area contributed by atoms with Crippen LogP contribution in [0.5, 0.6) is 0 Å². The zero-order chi connectivity index (χ0) is 15.2. The summed E-state index contributed by atoms with van der Waals surface area (Å²) in [6.07, 6.45) is -4.31. The highest BCUT2D eigenvalue weighted by Crippen LogP contribution is 2.36. The molecule has 2 heterocycles. The predicted molar refractivity (Wildman–Crippen MR) is 71.0 cm³/mol. The van der Waals surface area contributed by atoms with E-state index in [-0.39, 0.29) is 19.5 Å². The zero-order valence-corrected chi connectivity index (χ0v) is 10.9. The Hall–Kier alpha value is -2.02. The maximum Gasteiger partial charge on any atom is 0.412 e. The number of rotatable bonds is 1. The Bertz CT molecular complexity index is 625. The highest BCUT2D eigenvalue weighted by molar-refractivity contribution is 6.02. The quantitative estimate of drug-likeness (QED) is 0.783. The third-order valence-corrected chi connectivity index (χ3v) is 3.78. The molecule has 0 aliphatic carbocycles. The number of fused-ring (bicyclic) bond motifs is 1. The van der Waals surface area contributed by atoms with E-state index in [1.54, 1.807) is 23.1 Å². The highest BCUT2D eigenvalue weighted by Gasteiger charge is 2.35. The molecule has 0 radical (unpaired) electrons. The summed E-state index contributed by atoms with van der Waals surface area (Å²) >= 11 is 0. The lowest BCUT2D eigenvalue weighted by molar-refractivity contribution is -0.123. The van der Waals surface area contributed by atoms with Gasteiger partial charge in [0.05, 0.1) is 0 Å². The lowest BCUT2D eigenvalue weighted by atomic mass is 10.1. The van der Waals surface area contributed by atoms with Crippen molar-refractivity contribution in [3.8, 4) is 0 Å². The van der Waals surface area contributed by atoms with Crippen LogP contribution in [-0.2, 0) is 4.79 Å². The average Bonchev–Trinajstić information content (AvgIpc) is 2.73. The molecule has 4 nitrogen and oxygen atoms in total. The number of nitrogens with zero attached hydrogens (tertiary/aromatic N) is 1. The second-order valence-corrected chi connectivity index (χ2v) is 5.09. The smallest absolute Gasteiger partial charge is 0.378 e. The van der Waals surface area contributed by atoms with E-state index >= 15 is 0 Å². The van der Waals surface area contributed by atoms with Gasteiger partial charge >= 0.3 is 6.18 Å². The van der Waals surface area contributed by atoms with Crippen molar-refractivity contribution in [1.82, 2.24) is 0 Å². The zero-order valence-electron chi connectivity index (χ0n) is 10.9. The van der Waals surface area contributed by atoms with Crippen molar-refractivity contribution < 1.29 is 23.1 Å². The summed E-state index contributed by atoms with van der Waals surface area (Å²) < 4.78 is 37.7. The van der Waals surface area contributed by atoms with Crippen molar-refractivity contribution in [3.05, 3.63) is 35.4 Å². The molecule has 2 aliphatic rings. The fraction of sp³-hybridized carbons (Fsp3) is 0.357. The number of carbonyl (C=O) groups is 1. The fourth-order valence-corrected chi connectivity index (χ4v) is 2.59. The summed E-state index contributed by atoms with van der Waals surface area (Å²) in [6, 6.07) is 5.00. The van der Waals surface area contributed by atoms with E-state index in [1.807, 2.05) is 0 Å². The van der Waals surface area contributed by atoms with E-state index in [2.05, 4.69) is 5.32 Å². The number of alkyl halides is 3. The molecule has 2 N–H and O–H groups in total. The summed E-state index contributed by atoms with van der Waals surface area (Å²) in [5, 5.41) is 12.2. The van der Waals surface area contributed by atoms with Crippen molar-refractivity contribution in [2.24, 2.45) is 0 Å². The molecule has 7 heteroatoms. The number of benzene rings is 1. The Labute approximate surface area is 118 Å². The number of anilines is 2. The number of aliphatic hydroxyl groups is 1. The Morgan fingerprint density at radius 3 is 2.71 bits per heavy atom. The van der Waals surface area contributed by atoms with Gasteiger partial charge in [-0.15, -0.1) is 0 Å². The van der Waals surface area contributed by atoms with Gasteiger partial charge in [-0.05, 0) is 18.6 Å². The third-order valence-electron chi connectivity index (χ3n) is 3.78. The number of hydrogen-bond donors (Lipinski definition) is 2. The average molecular weight is 298 g/mol. The number of halogens is 3. The van der Waals surface area contributed by atoms with E-state index in [1.165, 1.54) is 6.08 Å². The van der Waals surface area contributed by atoms with Gasteiger partial charge in [0.1, 0.15) is 0 Å². The van der Waals surface area contributed by atoms with E-state index in [0.717, 1.165) is 5.69 Å². The Kier molecular flexibility index (Phi) is 3.16. The number of carbonyl (C=O) groups excluding carboxylic acids is 1. The van der Waals surface area contributed by atoms with Crippen molar-refractivity contribution >= 4 is 17.3 Å². The van der Waals surface area contributed by atoms with Crippen molar-refractivity contribution in [2.75, 3.05) is 23.3 Å². The lowest BCUT2D eigenvalue weighted by Gasteiger charge is -2.29. The van der Waals surface area contributed by atoms with Crippen LogP contribution in [0.3, 0.4) is 0 Å². The number of hydrogen-bond acceptors (Lipinski definition) is 3. The minimum atomic E-state index is -4.26. The summed E-state index contributed by atoms with van der Waals surface area (Å²) in [7, 11) is 0. The van der Waals surface area contributed by atoms with Crippen LogP contribution in [0.1, 0.15) is 18.1 Å². The van der Waals surface area contributed by atoms with Gasteiger partial charge in [0.2, 0.25) is 0 Å². The monoisotopic (exact) mass is 298 g/mol. The van der Waals surface area contributed by atoms with Crippen LogP contribution in [0, 0.1) is 0 Å². The number of nitrogens with one attached hydrogen (secondary N) is 1. The summed E-state index contributed by atoms with van der Waals surface area (Å²) in [5.74, 6) is -0.486. The lowest BCUT2D eigenvalue weighted by Crippen LogP contribution is -2.31. The molecule has 0 saturated carbocycles. The first-order valence-corrected chi connectivity index (χ1v) is 6.50. The molecular formula is C14H13F3N2O2. The molecule has 1 aromatic rings. The molecule has 0 bridgehead atoms. The Balaban J connectivity index is 1.80. The van der Waals surface area contributed by atoms with Crippen LogP contribution in [-0.4, -0.2) is 30.3 Å². The van der Waals surface area contributed by atoms with Crippen LogP contribution in [0.25, 0.3) is 0 Å². The van der Waals surface area contributed by atoms with E-state index in [0.29, 0.717) is 11.3 Å². The summed E-state index contributed by atoms with van der Waals surface area (Å²) in [6.45, 7) is 0.435. The van der Waals surface area contributed by atoms with Crippen LogP contribution < -0.4 is 10.2 Å². The minimum absolute atomic E-state index is 0.0600. The number of amides is 1. The molecule has 1 amide bonds. The number of aliphatic hydroxyl groups excluding tert-OH is 1. The van der Waals surface area contributed by atoms with Gasteiger partial charge in [-0.25, -0.2) is 0 Å². The molecule has 1 atom stereocenters. The first kappa shape index (κ1) is 13.9. The molecule has 21 heavy (non-hydrogen) atoms. The molecule has 0 fully saturated rings. The molecule has 0 aromatic heterocycles. The van der Waals surface area contributed by atoms with Crippen molar-refractivity contribution in [1.29, 1.82) is 0 Å². The summed E-state index contributed by atoms with van der Waals surface area (Å²) in [5.41, 5.74) is 1.23. The van der Waals surface area contributed by atoms with Crippen LogP contribution >= 0.6 is 0 Å². The molecule has 0 saturated heterocycles. The molecule has 3 rings (SSSR count). The van der Waals surface area contributed by atoms with Crippen LogP contribution in [0.15, 0.2) is 29.8 Å². The molecule has 1 aromatic carbocycles. The van der Waals surface area contributed by atoms with Gasteiger partial charge in [0.15, 0.2) is 6.10 Å². The maximum atomic E-state index is 12.6. The van der Waals surface area contributed by atoms with Gasteiger partial charge in [0.25, 0.3) is 5.91 Å². The first-order valence-electron chi connectivity index (χ1n) is 6.50. The topological polar surface area (TPSA) is 52.6 Å². The Morgan fingerprint density at radius 2 is 2.10 bits per heavy atom. The van der Waals surface area contributed by atoms with Crippen molar-refractivity contribution in [2.45, 2.75) is 18.7 Å².